The highest BCUT2D eigenvalue weighted by Crippen LogP contribution is 2.41. The van der Waals surface area contributed by atoms with E-state index < -0.39 is 24.0 Å². The summed E-state index contributed by atoms with van der Waals surface area (Å²) in [7, 11) is 2.71. The highest BCUT2D eigenvalue weighted by atomic mass is 32.2. The Morgan fingerprint density at radius 1 is 1.13 bits per heavy atom. The van der Waals surface area contributed by atoms with Crippen molar-refractivity contribution in [3.8, 4) is 0 Å². The van der Waals surface area contributed by atoms with Crippen LogP contribution in [0.3, 0.4) is 0 Å². The van der Waals surface area contributed by atoms with E-state index in [1.54, 1.807) is 24.3 Å². The molecule has 3 rings (SSSR count). The number of fused-ring (bicyclic) bond motifs is 1. The molecule has 30 heavy (non-hydrogen) atoms. The predicted molar refractivity (Wildman–Crippen MR) is 105 cm³/mol. The van der Waals surface area contributed by atoms with Crippen LogP contribution < -0.4 is 0 Å². The minimum Gasteiger partial charge on any atom is -0.465 e. The van der Waals surface area contributed by atoms with Gasteiger partial charge in [-0.15, -0.1) is 11.8 Å². The number of hydrogen-bond acceptors (Lipinski definition) is 9. The number of amides is 1. The Bertz CT molecular complexity index is 912. The van der Waals surface area contributed by atoms with Crippen LogP contribution in [-0.4, -0.2) is 66.8 Å². The highest BCUT2D eigenvalue weighted by Gasteiger charge is 2.54. The summed E-state index contributed by atoms with van der Waals surface area (Å²) >= 11 is 1.42. The minimum absolute atomic E-state index is 0.0717. The highest BCUT2D eigenvalue weighted by molar-refractivity contribution is 8.00. The van der Waals surface area contributed by atoms with Crippen molar-refractivity contribution >= 4 is 35.6 Å². The molecule has 2 atom stereocenters. The number of nitrogens with zero attached hydrogens (tertiary/aromatic N) is 1. The van der Waals surface area contributed by atoms with Gasteiger partial charge in [0.25, 0.3) is 5.91 Å². The number of methoxy groups -OCH3 is 2. The number of hydrogen-bond donors (Lipinski definition) is 0. The third-order valence-corrected chi connectivity index (χ3v) is 5.93. The monoisotopic (exact) mass is 435 g/mol. The van der Waals surface area contributed by atoms with Gasteiger partial charge in [0.2, 0.25) is 0 Å². The lowest BCUT2D eigenvalue weighted by Gasteiger charge is -2.48. The molecule has 0 spiro atoms. The van der Waals surface area contributed by atoms with Crippen LogP contribution in [0.4, 0.5) is 0 Å². The zero-order chi connectivity index (χ0) is 21.8. The number of thioether (sulfide) groups is 1. The van der Waals surface area contributed by atoms with Crippen molar-refractivity contribution in [3.05, 3.63) is 46.7 Å². The van der Waals surface area contributed by atoms with Gasteiger partial charge < -0.3 is 18.9 Å². The number of β-lactam (4-membered cyclic amide) rings is 1. The third kappa shape index (κ3) is 4.34. The van der Waals surface area contributed by atoms with Gasteiger partial charge in [-0.05, 0) is 17.7 Å². The lowest BCUT2D eigenvalue weighted by atomic mass is 10.1. The molecule has 0 N–H and O–H groups in total. The first kappa shape index (κ1) is 21.8. The molecule has 1 fully saturated rings. The summed E-state index contributed by atoms with van der Waals surface area (Å²) in [6.45, 7) is 1.04. The summed E-state index contributed by atoms with van der Waals surface area (Å²) in [5.41, 5.74) is 1.47. The van der Waals surface area contributed by atoms with Crippen LogP contribution in [0.1, 0.15) is 22.8 Å². The molecule has 160 valence electrons. The van der Waals surface area contributed by atoms with E-state index in [-0.39, 0.29) is 30.2 Å². The molecule has 10 heteroatoms. The Hall–Kier alpha value is -2.85. The number of rotatable bonds is 7. The van der Waals surface area contributed by atoms with Crippen molar-refractivity contribution in [2.24, 2.45) is 0 Å². The first-order valence-corrected chi connectivity index (χ1v) is 10.1. The summed E-state index contributed by atoms with van der Waals surface area (Å²) in [6.07, 6.45) is -0.634. The van der Waals surface area contributed by atoms with Crippen LogP contribution in [-0.2, 0) is 39.9 Å². The van der Waals surface area contributed by atoms with Gasteiger partial charge in [0.1, 0.15) is 24.3 Å². The van der Waals surface area contributed by atoms with Crippen LogP contribution in [0.5, 0.6) is 0 Å². The van der Waals surface area contributed by atoms with E-state index in [0.29, 0.717) is 22.5 Å². The molecule has 0 bridgehead atoms. The van der Waals surface area contributed by atoms with Crippen molar-refractivity contribution in [2.75, 3.05) is 26.6 Å². The second kappa shape index (κ2) is 9.31. The van der Waals surface area contributed by atoms with E-state index in [1.165, 1.54) is 37.8 Å². The summed E-state index contributed by atoms with van der Waals surface area (Å²) < 4.78 is 20.3. The zero-order valence-corrected chi connectivity index (χ0v) is 17.5. The molecule has 1 amide bonds. The molecule has 0 aromatic heterocycles. The van der Waals surface area contributed by atoms with Crippen LogP contribution >= 0.6 is 11.8 Å². The van der Waals surface area contributed by atoms with Crippen LogP contribution in [0, 0.1) is 0 Å². The Morgan fingerprint density at radius 2 is 1.90 bits per heavy atom. The molecule has 1 saturated heterocycles. The van der Waals surface area contributed by atoms with Gasteiger partial charge in [0.05, 0.1) is 12.7 Å². The Morgan fingerprint density at radius 3 is 2.57 bits per heavy atom. The molecule has 0 aliphatic carbocycles. The van der Waals surface area contributed by atoms with Crippen molar-refractivity contribution in [1.82, 2.24) is 4.90 Å². The molecule has 0 saturated carbocycles. The van der Waals surface area contributed by atoms with Crippen molar-refractivity contribution in [1.29, 1.82) is 0 Å². The topological polar surface area (TPSA) is 108 Å². The number of esters is 3. The van der Waals surface area contributed by atoms with E-state index in [1.807, 2.05) is 0 Å². The molecule has 0 radical (unpaired) electrons. The van der Waals surface area contributed by atoms with Crippen molar-refractivity contribution in [2.45, 2.75) is 25.0 Å². The average Bonchev–Trinajstić information content (AvgIpc) is 2.75. The Kier molecular flexibility index (Phi) is 6.78. The predicted octanol–water partition coefficient (Wildman–Crippen LogP) is 1.26. The number of benzene rings is 1. The largest absolute Gasteiger partial charge is 0.465 e. The van der Waals surface area contributed by atoms with Crippen molar-refractivity contribution in [3.63, 3.8) is 0 Å². The quantitative estimate of drug-likeness (QED) is 0.355. The fourth-order valence-electron chi connectivity index (χ4n) is 3.14. The van der Waals surface area contributed by atoms with E-state index in [0.717, 1.165) is 0 Å². The second-order valence-electron chi connectivity index (χ2n) is 6.57. The van der Waals surface area contributed by atoms with Crippen molar-refractivity contribution < 1.29 is 38.1 Å². The summed E-state index contributed by atoms with van der Waals surface area (Å²) in [4.78, 5) is 49.5. The average molecular weight is 435 g/mol. The maximum Gasteiger partial charge on any atom is 0.355 e. The number of ether oxygens (including phenoxy) is 4. The second-order valence-corrected chi connectivity index (χ2v) is 7.67. The number of carbonyl (C=O) groups is 4. The van der Waals surface area contributed by atoms with Crippen LogP contribution in [0.15, 0.2) is 35.5 Å². The third-order valence-electron chi connectivity index (χ3n) is 4.61. The summed E-state index contributed by atoms with van der Waals surface area (Å²) in [5.74, 6) is -1.67. The molecule has 2 unspecified atom stereocenters. The molecule has 2 aliphatic rings. The Labute approximate surface area is 177 Å². The van der Waals surface area contributed by atoms with E-state index in [2.05, 4.69) is 4.74 Å². The standard InChI is InChI=1S/C20H21NO8S/c1-11(22)28-9-14-10-30-18-16(26-2)17(23)21(18)15(14)20(25)29-8-12-5-4-6-13(7-12)19(24)27-3/h4-7,16,18H,8-10H2,1-3H3. The van der Waals surface area contributed by atoms with E-state index >= 15 is 0 Å². The van der Waals surface area contributed by atoms with Gasteiger partial charge in [-0.3, -0.25) is 14.5 Å². The molecule has 2 heterocycles. The van der Waals surface area contributed by atoms with Gasteiger partial charge in [-0.25, -0.2) is 9.59 Å². The van der Waals surface area contributed by atoms with E-state index in [9.17, 15) is 19.2 Å². The lowest BCUT2D eigenvalue weighted by Crippen LogP contribution is -2.65. The lowest BCUT2D eigenvalue weighted by molar-refractivity contribution is -0.163. The van der Waals surface area contributed by atoms with E-state index in [4.69, 9.17) is 14.2 Å². The summed E-state index contributed by atoms with van der Waals surface area (Å²) in [6, 6.07) is 6.49. The molecular formula is C20H21NO8S. The normalized spacial score (nSPS) is 20.2. The van der Waals surface area contributed by atoms with Gasteiger partial charge in [-0.2, -0.15) is 0 Å². The van der Waals surface area contributed by atoms with Gasteiger partial charge >= 0.3 is 17.9 Å². The van der Waals surface area contributed by atoms with Gasteiger partial charge in [-0.1, -0.05) is 12.1 Å². The maximum absolute atomic E-state index is 12.9. The van der Waals surface area contributed by atoms with Gasteiger partial charge in [0, 0.05) is 25.4 Å². The SMILES string of the molecule is COC(=O)c1cccc(COC(=O)C2=C(COC(C)=O)CSC3C(OC)C(=O)N23)c1. The first-order chi connectivity index (χ1) is 14.4. The number of carbonyl (C=O) groups excluding carboxylic acids is 4. The van der Waals surface area contributed by atoms with Gasteiger partial charge in [0.15, 0.2) is 6.10 Å². The van der Waals surface area contributed by atoms with Crippen LogP contribution in [0.2, 0.25) is 0 Å². The molecular weight excluding hydrogens is 414 g/mol. The first-order valence-electron chi connectivity index (χ1n) is 9.04. The molecule has 2 aliphatic heterocycles. The molecule has 9 nitrogen and oxygen atoms in total. The zero-order valence-electron chi connectivity index (χ0n) is 16.7. The fraction of sp³-hybridized carbons (Fsp3) is 0.400. The molecule has 1 aromatic carbocycles. The molecule has 1 aromatic rings. The smallest absolute Gasteiger partial charge is 0.355 e. The minimum atomic E-state index is -0.714. The Balaban J connectivity index is 1.78. The fourth-order valence-corrected chi connectivity index (χ4v) is 4.50. The maximum atomic E-state index is 12.9. The van der Waals surface area contributed by atoms with Crippen LogP contribution in [0.25, 0.3) is 0 Å². The summed E-state index contributed by atoms with van der Waals surface area (Å²) in [5, 5.41) is -0.339.